The summed E-state index contributed by atoms with van der Waals surface area (Å²) in [6.07, 6.45) is 1.05. The zero-order chi connectivity index (χ0) is 10.7. The summed E-state index contributed by atoms with van der Waals surface area (Å²) in [4.78, 5) is 1.30. The van der Waals surface area contributed by atoms with Crippen LogP contribution in [0.1, 0.15) is 29.0 Å². The van der Waals surface area contributed by atoms with Gasteiger partial charge in [-0.3, -0.25) is 0 Å². The quantitative estimate of drug-likeness (QED) is 0.838. The maximum absolute atomic E-state index is 6.25. The van der Waals surface area contributed by atoms with Crippen molar-refractivity contribution in [1.82, 2.24) is 0 Å². The van der Waals surface area contributed by atoms with Gasteiger partial charge in [0.15, 0.2) is 0 Å². The monoisotopic (exact) mass is 217 g/mol. The first-order valence-corrected chi connectivity index (χ1v) is 6.07. The van der Waals surface area contributed by atoms with Crippen LogP contribution in [0, 0.1) is 0 Å². The van der Waals surface area contributed by atoms with E-state index in [1.165, 1.54) is 16.0 Å². The number of hydrogen-bond acceptors (Lipinski definition) is 2. The van der Waals surface area contributed by atoms with Crippen molar-refractivity contribution in [3.63, 3.8) is 0 Å². The molecule has 0 aliphatic rings. The number of thiophene rings is 1. The second kappa shape index (κ2) is 4.60. The van der Waals surface area contributed by atoms with Gasteiger partial charge in [0, 0.05) is 4.88 Å². The van der Waals surface area contributed by atoms with E-state index in [4.69, 9.17) is 5.73 Å². The van der Waals surface area contributed by atoms with E-state index in [0.29, 0.717) is 0 Å². The lowest BCUT2D eigenvalue weighted by atomic mass is 10.0. The third-order valence-corrected chi connectivity index (χ3v) is 3.65. The largest absolute Gasteiger partial charge is 0.320 e. The summed E-state index contributed by atoms with van der Waals surface area (Å²) in [5.41, 5.74) is 8.81. The minimum atomic E-state index is 0.0288. The summed E-state index contributed by atoms with van der Waals surface area (Å²) < 4.78 is 0. The Hall–Kier alpha value is -1.12. The first kappa shape index (κ1) is 10.4. The number of rotatable bonds is 3. The van der Waals surface area contributed by atoms with Crippen LogP contribution >= 0.6 is 11.3 Å². The molecule has 0 aliphatic carbocycles. The van der Waals surface area contributed by atoms with Gasteiger partial charge in [-0.2, -0.15) is 0 Å². The van der Waals surface area contributed by atoms with Crippen LogP contribution in [0.25, 0.3) is 0 Å². The van der Waals surface area contributed by atoms with E-state index in [1.807, 2.05) is 18.2 Å². The van der Waals surface area contributed by atoms with Gasteiger partial charge < -0.3 is 5.73 Å². The molecule has 1 unspecified atom stereocenters. The van der Waals surface area contributed by atoms with Crippen LogP contribution in [0.15, 0.2) is 41.8 Å². The molecule has 0 radical (unpaired) electrons. The molecule has 1 aromatic heterocycles. The SMILES string of the molecule is CCc1ccsc1C(N)c1ccccc1. The minimum Gasteiger partial charge on any atom is -0.320 e. The van der Waals surface area contributed by atoms with Crippen LogP contribution in [0.4, 0.5) is 0 Å². The van der Waals surface area contributed by atoms with Crippen LogP contribution in [0.3, 0.4) is 0 Å². The highest BCUT2D eigenvalue weighted by Crippen LogP contribution is 2.27. The number of aryl methyl sites for hydroxylation is 1. The molecule has 78 valence electrons. The van der Waals surface area contributed by atoms with Gasteiger partial charge in [0.2, 0.25) is 0 Å². The lowest BCUT2D eigenvalue weighted by Crippen LogP contribution is -2.11. The average molecular weight is 217 g/mol. The third-order valence-electron chi connectivity index (χ3n) is 2.60. The molecule has 0 aliphatic heterocycles. The average Bonchev–Trinajstić information content (AvgIpc) is 2.77. The highest BCUT2D eigenvalue weighted by atomic mass is 32.1. The van der Waals surface area contributed by atoms with Crippen molar-refractivity contribution in [2.45, 2.75) is 19.4 Å². The maximum Gasteiger partial charge on any atom is 0.0648 e. The van der Waals surface area contributed by atoms with Crippen molar-refractivity contribution in [2.24, 2.45) is 5.73 Å². The lowest BCUT2D eigenvalue weighted by molar-refractivity contribution is 0.874. The van der Waals surface area contributed by atoms with Gasteiger partial charge >= 0.3 is 0 Å². The first-order valence-electron chi connectivity index (χ1n) is 5.19. The van der Waals surface area contributed by atoms with E-state index in [-0.39, 0.29) is 6.04 Å². The van der Waals surface area contributed by atoms with E-state index in [1.54, 1.807) is 11.3 Å². The van der Waals surface area contributed by atoms with Crippen LogP contribution in [0.5, 0.6) is 0 Å². The van der Waals surface area contributed by atoms with E-state index < -0.39 is 0 Å². The zero-order valence-corrected chi connectivity index (χ0v) is 9.63. The van der Waals surface area contributed by atoms with Gasteiger partial charge in [0.05, 0.1) is 6.04 Å². The Morgan fingerprint density at radius 3 is 2.60 bits per heavy atom. The highest BCUT2D eigenvalue weighted by Gasteiger charge is 2.12. The molecular weight excluding hydrogens is 202 g/mol. The summed E-state index contributed by atoms with van der Waals surface area (Å²) in [5, 5.41) is 2.12. The van der Waals surface area contributed by atoms with Crippen molar-refractivity contribution in [2.75, 3.05) is 0 Å². The molecule has 15 heavy (non-hydrogen) atoms. The molecule has 2 aromatic rings. The molecule has 0 saturated carbocycles. The van der Waals surface area contributed by atoms with E-state index in [9.17, 15) is 0 Å². The zero-order valence-electron chi connectivity index (χ0n) is 8.81. The lowest BCUT2D eigenvalue weighted by Gasteiger charge is -2.12. The molecule has 2 N–H and O–H groups in total. The fourth-order valence-electron chi connectivity index (χ4n) is 1.72. The predicted octanol–water partition coefficient (Wildman–Crippen LogP) is 3.36. The molecule has 0 fully saturated rings. The molecule has 0 spiro atoms. The van der Waals surface area contributed by atoms with Crippen LogP contribution in [-0.4, -0.2) is 0 Å². The number of benzene rings is 1. The fraction of sp³-hybridized carbons (Fsp3) is 0.231. The second-order valence-corrected chi connectivity index (χ2v) is 4.50. The Morgan fingerprint density at radius 2 is 1.93 bits per heavy atom. The van der Waals surface area contributed by atoms with E-state index in [2.05, 4.69) is 30.5 Å². The van der Waals surface area contributed by atoms with Gasteiger partial charge in [-0.05, 0) is 29.0 Å². The molecule has 0 amide bonds. The Morgan fingerprint density at radius 1 is 1.20 bits per heavy atom. The van der Waals surface area contributed by atoms with Crippen molar-refractivity contribution in [3.05, 3.63) is 57.8 Å². The van der Waals surface area contributed by atoms with Gasteiger partial charge in [-0.1, -0.05) is 37.3 Å². The third kappa shape index (κ3) is 2.11. The number of hydrogen-bond donors (Lipinski definition) is 1. The van der Waals surface area contributed by atoms with E-state index in [0.717, 1.165) is 6.42 Å². The molecule has 1 heterocycles. The van der Waals surface area contributed by atoms with Gasteiger partial charge in [-0.25, -0.2) is 0 Å². The Kier molecular flexibility index (Phi) is 3.19. The fourth-order valence-corrected chi connectivity index (χ4v) is 2.75. The van der Waals surface area contributed by atoms with Crippen LogP contribution < -0.4 is 5.73 Å². The molecule has 0 bridgehead atoms. The second-order valence-electron chi connectivity index (χ2n) is 3.55. The molecule has 1 aromatic carbocycles. The Labute approximate surface area is 94.6 Å². The summed E-state index contributed by atoms with van der Waals surface area (Å²) in [5.74, 6) is 0. The summed E-state index contributed by atoms with van der Waals surface area (Å²) in [6.45, 7) is 2.17. The standard InChI is InChI=1S/C13H15NS/c1-2-10-8-9-15-13(10)12(14)11-6-4-3-5-7-11/h3-9,12H,2,14H2,1H3. The molecule has 2 rings (SSSR count). The van der Waals surface area contributed by atoms with Gasteiger partial charge in [0.1, 0.15) is 0 Å². The highest BCUT2D eigenvalue weighted by molar-refractivity contribution is 7.10. The van der Waals surface area contributed by atoms with Gasteiger partial charge in [-0.15, -0.1) is 11.3 Å². The van der Waals surface area contributed by atoms with Crippen molar-refractivity contribution in [3.8, 4) is 0 Å². The number of nitrogens with two attached hydrogens (primary N) is 1. The summed E-state index contributed by atoms with van der Waals surface area (Å²) >= 11 is 1.75. The normalized spacial score (nSPS) is 12.7. The predicted molar refractivity (Wildman–Crippen MR) is 66.2 cm³/mol. The van der Waals surface area contributed by atoms with E-state index >= 15 is 0 Å². The molecular formula is C13H15NS. The Bertz CT molecular complexity index is 419. The summed E-state index contributed by atoms with van der Waals surface area (Å²) in [7, 11) is 0. The molecule has 0 saturated heterocycles. The Balaban J connectivity index is 2.32. The van der Waals surface area contributed by atoms with Crippen molar-refractivity contribution >= 4 is 11.3 Å². The maximum atomic E-state index is 6.25. The molecule has 1 nitrogen and oxygen atoms in total. The molecule has 2 heteroatoms. The van der Waals surface area contributed by atoms with Crippen molar-refractivity contribution in [1.29, 1.82) is 0 Å². The summed E-state index contributed by atoms with van der Waals surface area (Å²) in [6, 6.07) is 12.5. The van der Waals surface area contributed by atoms with Gasteiger partial charge in [0.25, 0.3) is 0 Å². The smallest absolute Gasteiger partial charge is 0.0648 e. The van der Waals surface area contributed by atoms with Crippen LogP contribution in [0.2, 0.25) is 0 Å². The minimum absolute atomic E-state index is 0.0288. The molecule has 1 atom stereocenters. The van der Waals surface area contributed by atoms with Crippen molar-refractivity contribution < 1.29 is 0 Å². The first-order chi connectivity index (χ1) is 7.33. The topological polar surface area (TPSA) is 26.0 Å². The van der Waals surface area contributed by atoms with Crippen LogP contribution in [-0.2, 0) is 6.42 Å².